The Hall–Kier alpha value is -2.61. The molecule has 7 nitrogen and oxygen atoms in total. The Morgan fingerprint density at radius 1 is 1.16 bits per heavy atom. The first-order valence-electron chi connectivity index (χ1n) is 11.1. The van der Waals surface area contributed by atoms with Crippen molar-refractivity contribution in [1.29, 1.82) is 0 Å². The van der Waals surface area contributed by atoms with E-state index in [1.54, 1.807) is 0 Å². The molecule has 0 saturated carbocycles. The molecule has 2 heterocycles. The fourth-order valence-corrected chi connectivity index (χ4v) is 4.11. The highest BCUT2D eigenvalue weighted by Gasteiger charge is 2.17. The smallest absolute Gasteiger partial charge is 0.191 e. The number of hydrogen-bond donors (Lipinski definition) is 2. The number of aryl methyl sites for hydroxylation is 2. The number of piperazine rings is 1. The fraction of sp³-hybridized carbons (Fsp3) is 0.565. The maximum absolute atomic E-state index is 13.1. The Balaban J connectivity index is 1.39. The molecular weight excluding hydrogens is 393 g/mol. The summed E-state index contributed by atoms with van der Waals surface area (Å²) in [4.78, 5) is 9.14. The number of benzene rings is 1. The van der Waals surface area contributed by atoms with Crippen LogP contribution in [-0.4, -0.2) is 73.0 Å². The summed E-state index contributed by atoms with van der Waals surface area (Å²) in [7, 11) is 3.80. The van der Waals surface area contributed by atoms with Crippen molar-refractivity contribution in [3.8, 4) is 0 Å². The van der Waals surface area contributed by atoms with Crippen LogP contribution in [0.4, 0.5) is 10.1 Å². The number of anilines is 1. The van der Waals surface area contributed by atoms with Gasteiger partial charge in [-0.05, 0) is 57.0 Å². The van der Waals surface area contributed by atoms with Gasteiger partial charge in [-0.25, -0.2) is 4.39 Å². The second-order valence-corrected chi connectivity index (χ2v) is 8.33. The first kappa shape index (κ1) is 23.1. The lowest BCUT2D eigenvalue weighted by Gasteiger charge is -2.36. The fourth-order valence-electron chi connectivity index (χ4n) is 4.11. The van der Waals surface area contributed by atoms with Gasteiger partial charge in [-0.1, -0.05) is 0 Å². The SMILES string of the molecule is CN=C(NCCN1CCN(c2ccc(F)cc2)CC1)NC(C)Cc1c(C)nn(C)c1C. The predicted molar refractivity (Wildman–Crippen MR) is 125 cm³/mol. The monoisotopic (exact) mass is 429 g/mol. The molecule has 1 aromatic carbocycles. The molecule has 1 saturated heterocycles. The summed E-state index contributed by atoms with van der Waals surface area (Å²) in [6.07, 6.45) is 0.914. The molecule has 3 rings (SSSR count). The highest BCUT2D eigenvalue weighted by Crippen LogP contribution is 2.17. The molecule has 0 amide bonds. The molecule has 2 aromatic rings. The lowest BCUT2D eigenvalue weighted by Crippen LogP contribution is -2.50. The Morgan fingerprint density at radius 2 is 1.84 bits per heavy atom. The third-order valence-electron chi connectivity index (χ3n) is 6.06. The average molecular weight is 430 g/mol. The number of halogens is 1. The van der Waals surface area contributed by atoms with Crippen LogP contribution in [0.3, 0.4) is 0 Å². The number of nitrogens with one attached hydrogen (secondary N) is 2. The van der Waals surface area contributed by atoms with Gasteiger partial charge in [0.15, 0.2) is 5.96 Å². The molecule has 8 heteroatoms. The van der Waals surface area contributed by atoms with Crippen molar-refractivity contribution < 1.29 is 4.39 Å². The van der Waals surface area contributed by atoms with E-state index in [2.05, 4.69) is 51.3 Å². The standard InChI is InChI=1S/C23H36FN7/c1-17(16-22-18(2)28-29(5)19(22)3)27-23(25-4)26-10-11-30-12-14-31(15-13-30)21-8-6-20(24)7-9-21/h6-9,17H,10-16H2,1-5H3,(H2,25,26,27). The molecule has 1 unspecified atom stereocenters. The molecule has 0 spiro atoms. The summed E-state index contributed by atoms with van der Waals surface area (Å²) in [6, 6.07) is 7.03. The van der Waals surface area contributed by atoms with E-state index in [1.807, 2.05) is 30.9 Å². The van der Waals surface area contributed by atoms with Crippen molar-refractivity contribution in [2.45, 2.75) is 33.2 Å². The van der Waals surface area contributed by atoms with Crippen molar-refractivity contribution >= 4 is 11.6 Å². The van der Waals surface area contributed by atoms with E-state index in [0.717, 1.165) is 63.0 Å². The van der Waals surface area contributed by atoms with Gasteiger partial charge in [0.1, 0.15) is 5.82 Å². The largest absolute Gasteiger partial charge is 0.369 e. The van der Waals surface area contributed by atoms with Crippen molar-refractivity contribution in [2.75, 3.05) is 51.2 Å². The van der Waals surface area contributed by atoms with Gasteiger partial charge < -0.3 is 15.5 Å². The lowest BCUT2D eigenvalue weighted by atomic mass is 10.1. The summed E-state index contributed by atoms with van der Waals surface area (Å²) in [5.74, 6) is 0.645. The third-order valence-corrected chi connectivity index (χ3v) is 6.06. The molecule has 0 radical (unpaired) electrons. The lowest BCUT2D eigenvalue weighted by molar-refractivity contribution is 0.261. The van der Waals surface area contributed by atoms with Crippen LogP contribution in [0, 0.1) is 19.7 Å². The predicted octanol–water partition coefficient (Wildman–Crippen LogP) is 2.09. The van der Waals surface area contributed by atoms with E-state index in [0.29, 0.717) is 0 Å². The third kappa shape index (κ3) is 6.19. The Bertz CT molecular complexity index is 867. The van der Waals surface area contributed by atoms with Gasteiger partial charge in [0.2, 0.25) is 0 Å². The number of nitrogens with zero attached hydrogens (tertiary/aromatic N) is 5. The van der Waals surface area contributed by atoms with Crippen LogP contribution in [0.15, 0.2) is 29.3 Å². The van der Waals surface area contributed by atoms with E-state index >= 15 is 0 Å². The summed E-state index contributed by atoms with van der Waals surface area (Å²) < 4.78 is 15.1. The van der Waals surface area contributed by atoms with Gasteiger partial charge >= 0.3 is 0 Å². The Morgan fingerprint density at radius 3 is 2.42 bits per heavy atom. The average Bonchev–Trinajstić information content (AvgIpc) is 3.00. The molecule has 0 aliphatic carbocycles. The Labute approximate surface area is 185 Å². The van der Waals surface area contributed by atoms with Gasteiger partial charge in [0.25, 0.3) is 0 Å². The van der Waals surface area contributed by atoms with Crippen LogP contribution < -0.4 is 15.5 Å². The maximum atomic E-state index is 13.1. The first-order valence-corrected chi connectivity index (χ1v) is 11.1. The molecule has 1 aliphatic rings. The van der Waals surface area contributed by atoms with Gasteiger partial charge in [0.05, 0.1) is 5.69 Å². The highest BCUT2D eigenvalue weighted by molar-refractivity contribution is 5.79. The van der Waals surface area contributed by atoms with Crippen molar-refractivity contribution in [1.82, 2.24) is 25.3 Å². The Kier molecular flexibility index (Phi) is 7.90. The van der Waals surface area contributed by atoms with Gasteiger partial charge in [-0.15, -0.1) is 0 Å². The second-order valence-electron chi connectivity index (χ2n) is 8.33. The molecule has 1 aliphatic heterocycles. The summed E-state index contributed by atoms with van der Waals surface area (Å²) in [5.41, 5.74) is 4.71. The van der Waals surface area contributed by atoms with Gasteiger partial charge in [0, 0.05) is 70.8 Å². The molecule has 1 aromatic heterocycles. The minimum absolute atomic E-state index is 0.185. The van der Waals surface area contributed by atoms with Crippen LogP contribution in [0.1, 0.15) is 23.9 Å². The summed E-state index contributed by atoms with van der Waals surface area (Å²) >= 11 is 0. The highest BCUT2D eigenvalue weighted by atomic mass is 19.1. The van der Waals surface area contributed by atoms with E-state index < -0.39 is 0 Å². The second kappa shape index (κ2) is 10.6. The molecule has 2 N–H and O–H groups in total. The number of guanidine groups is 1. The van der Waals surface area contributed by atoms with Crippen molar-refractivity contribution in [3.63, 3.8) is 0 Å². The van der Waals surface area contributed by atoms with Crippen LogP contribution in [0.5, 0.6) is 0 Å². The van der Waals surface area contributed by atoms with Gasteiger partial charge in [-0.3, -0.25) is 14.6 Å². The number of hydrogen-bond acceptors (Lipinski definition) is 4. The topological polar surface area (TPSA) is 60.7 Å². The van der Waals surface area contributed by atoms with E-state index in [1.165, 1.54) is 23.4 Å². The van der Waals surface area contributed by atoms with Crippen LogP contribution >= 0.6 is 0 Å². The minimum atomic E-state index is -0.185. The van der Waals surface area contributed by atoms with E-state index in [4.69, 9.17) is 0 Å². The molecule has 31 heavy (non-hydrogen) atoms. The van der Waals surface area contributed by atoms with Gasteiger partial charge in [-0.2, -0.15) is 5.10 Å². The van der Waals surface area contributed by atoms with Crippen LogP contribution in [0.2, 0.25) is 0 Å². The normalized spacial score (nSPS) is 16.5. The van der Waals surface area contributed by atoms with E-state index in [9.17, 15) is 4.39 Å². The molecular formula is C23H36FN7. The van der Waals surface area contributed by atoms with Crippen molar-refractivity contribution in [3.05, 3.63) is 47.0 Å². The summed E-state index contributed by atoms with van der Waals surface area (Å²) in [5, 5.41) is 11.4. The molecule has 1 fully saturated rings. The molecule has 1 atom stereocenters. The number of aromatic nitrogens is 2. The van der Waals surface area contributed by atoms with Crippen molar-refractivity contribution in [2.24, 2.45) is 12.0 Å². The maximum Gasteiger partial charge on any atom is 0.191 e. The zero-order valence-electron chi connectivity index (χ0n) is 19.5. The molecule has 0 bridgehead atoms. The number of aliphatic imine (C=N–C) groups is 1. The first-order chi connectivity index (χ1) is 14.9. The zero-order valence-corrected chi connectivity index (χ0v) is 19.5. The summed E-state index contributed by atoms with van der Waals surface area (Å²) in [6.45, 7) is 12.1. The van der Waals surface area contributed by atoms with Crippen LogP contribution in [-0.2, 0) is 13.5 Å². The van der Waals surface area contributed by atoms with Crippen LogP contribution in [0.25, 0.3) is 0 Å². The quantitative estimate of drug-likeness (QED) is 0.521. The minimum Gasteiger partial charge on any atom is -0.369 e. The van der Waals surface area contributed by atoms with E-state index in [-0.39, 0.29) is 11.9 Å². The number of rotatable bonds is 7. The molecule has 170 valence electrons. The zero-order chi connectivity index (χ0) is 22.4.